The topological polar surface area (TPSA) is 117 Å². The van der Waals surface area contributed by atoms with Crippen molar-refractivity contribution in [2.45, 2.75) is 120 Å². The van der Waals surface area contributed by atoms with E-state index >= 15 is 0 Å². The minimum absolute atomic E-state index is 0. The lowest BCUT2D eigenvalue weighted by Gasteiger charge is -2.14. The molecule has 1 N–H and O–H groups in total. The van der Waals surface area contributed by atoms with Gasteiger partial charge in [0.15, 0.2) is 5.78 Å². The van der Waals surface area contributed by atoms with Crippen LogP contribution in [0.15, 0.2) is 75.2 Å². The van der Waals surface area contributed by atoms with Crippen molar-refractivity contribution in [2.75, 3.05) is 14.2 Å². The first-order valence-electron chi connectivity index (χ1n) is 18.2. The second-order valence-corrected chi connectivity index (χ2v) is 13.4. The summed E-state index contributed by atoms with van der Waals surface area (Å²) in [7, 11) is 4.88. The van der Waals surface area contributed by atoms with E-state index < -0.39 is 0 Å². The first kappa shape index (κ1) is 47.8. The van der Waals surface area contributed by atoms with Crippen LogP contribution in [0.25, 0.3) is 16.6 Å². The number of ketones is 1. The van der Waals surface area contributed by atoms with Crippen LogP contribution in [0.2, 0.25) is 0 Å². The number of aldehydes is 1. The first-order chi connectivity index (χ1) is 24.2. The molecule has 0 radical (unpaired) electrons. The number of ether oxygens (including phenoxy) is 2. The van der Waals surface area contributed by atoms with Crippen LogP contribution in [0.4, 0.5) is 0 Å². The lowest BCUT2D eigenvalue weighted by molar-refractivity contribution is -0.114. The summed E-state index contributed by atoms with van der Waals surface area (Å²) >= 11 is 0. The van der Waals surface area contributed by atoms with Gasteiger partial charge in [-0.3, -0.25) is 14.2 Å². The van der Waals surface area contributed by atoms with Crippen molar-refractivity contribution >= 4 is 23.0 Å². The number of hydrogen-bond donors (Lipinski definition) is 1. The number of aryl methyl sites for hydroxylation is 2. The highest BCUT2D eigenvalue weighted by Crippen LogP contribution is 2.24. The predicted molar refractivity (Wildman–Crippen MR) is 216 cm³/mol. The van der Waals surface area contributed by atoms with Gasteiger partial charge < -0.3 is 19.4 Å². The van der Waals surface area contributed by atoms with Gasteiger partial charge in [-0.2, -0.15) is 0 Å². The molecule has 1 aromatic heterocycles. The number of fused-ring (bicyclic) bond motifs is 1. The van der Waals surface area contributed by atoms with Gasteiger partial charge in [0, 0.05) is 26.5 Å². The van der Waals surface area contributed by atoms with Gasteiger partial charge in [-0.15, -0.1) is 0 Å². The fraction of sp³-hybridized carbons (Fsp3) is 0.535. The summed E-state index contributed by atoms with van der Waals surface area (Å²) in [5.41, 5.74) is 2.91. The molecule has 9 heteroatoms. The van der Waals surface area contributed by atoms with Gasteiger partial charge in [0.2, 0.25) is 0 Å². The summed E-state index contributed by atoms with van der Waals surface area (Å²) in [6, 6.07) is 13.0. The average Bonchev–Trinajstić information content (AvgIpc) is 3.13. The highest BCUT2D eigenvalue weighted by Gasteiger charge is 2.20. The van der Waals surface area contributed by atoms with Gasteiger partial charge in [0.05, 0.1) is 35.4 Å². The molecule has 0 aliphatic heterocycles. The highest BCUT2D eigenvalue weighted by atomic mass is 16.5. The molecule has 0 amide bonds. The molecular formula is C43H66N2O7. The van der Waals surface area contributed by atoms with Crippen LogP contribution >= 0.6 is 0 Å². The monoisotopic (exact) mass is 722 g/mol. The number of rotatable bonds is 12. The van der Waals surface area contributed by atoms with Gasteiger partial charge in [-0.1, -0.05) is 79.5 Å². The summed E-state index contributed by atoms with van der Waals surface area (Å²) < 4.78 is 12.4. The summed E-state index contributed by atoms with van der Waals surface area (Å²) in [4.78, 5) is 48.3. The Labute approximate surface area is 312 Å². The van der Waals surface area contributed by atoms with E-state index in [2.05, 4.69) is 27.7 Å². The molecule has 2 aromatic carbocycles. The van der Waals surface area contributed by atoms with Gasteiger partial charge in [-0.25, -0.2) is 9.36 Å². The van der Waals surface area contributed by atoms with Crippen LogP contribution in [-0.4, -0.2) is 46.6 Å². The fourth-order valence-electron chi connectivity index (χ4n) is 4.99. The number of aromatic nitrogens is 2. The molecule has 9 nitrogen and oxygen atoms in total. The number of methoxy groups -OCH3 is 2. The molecule has 0 bridgehead atoms. The molecule has 1 unspecified atom stereocenters. The molecule has 0 spiro atoms. The van der Waals surface area contributed by atoms with Crippen molar-refractivity contribution in [1.29, 1.82) is 0 Å². The number of nitrogens with zero attached hydrogens (tertiary/aromatic N) is 2. The van der Waals surface area contributed by atoms with Gasteiger partial charge in [-0.05, 0) is 93.8 Å². The molecule has 290 valence electrons. The quantitative estimate of drug-likeness (QED) is 0.185. The van der Waals surface area contributed by atoms with E-state index in [1.54, 1.807) is 26.3 Å². The molecule has 1 atom stereocenters. The van der Waals surface area contributed by atoms with Crippen molar-refractivity contribution in [3.8, 4) is 5.69 Å². The van der Waals surface area contributed by atoms with Crippen molar-refractivity contribution in [1.82, 2.24) is 9.13 Å². The third-order valence-electron chi connectivity index (χ3n) is 8.66. The zero-order valence-electron chi connectivity index (χ0n) is 32.9. The molecule has 1 heterocycles. The van der Waals surface area contributed by atoms with Gasteiger partial charge >= 0.3 is 5.69 Å². The minimum atomic E-state index is -0.367. The van der Waals surface area contributed by atoms with Crippen molar-refractivity contribution in [2.24, 2.45) is 18.9 Å². The predicted octanol–water partition coefficient (Wildman–Crippen LogP) is 9.24. The summed E-state index contributed by atoms with van der Waals surface area (Å²) in [6.07, 6.45) is 10.3. The molecule has 52 heavy (non-hydrogen) atoms. The largest absolute Gasteiger partial charge is 0.511 e. The van der Waals surface area contributed by atoms with Crippen molar-refractivity contribution in [3.05, 3.63) is 97.6 Å². The number of carbonyl (C=O) groups excluding carboxylic acids is 2. The number of aliphatic hydroxyl groups is 1. The van der Waals surface area contributed by atoms with Crippen LogP contribution < -0.4 is 11.2 Å². The van der Waals surface area contributed by atoms with Gasteiger partial charge in [0.25, 0.3) is 5.56 Å². The summed E-state index contributed by atoms with van der Waals surface area (Å²) in [5.74, 6) is 1.37. The third kappa shape index (κ3) is 14.8. The number of carbonyl (C=O) groups is 2. The fourth-order valence-corrected chi connectivity index (χ4v) is 4.99. The number of aliphatic hydroxyl groups excluding tert-OH is 1. The standard InChI is InChI=1S/C24H28N2O3.C9H12O3.C5H12.C4H10O.CH4/c1-4-6-7-19(16-27)14-18-8-11-20(12-9-18)26-23(28)21-15-17(5-2)10-13-22(21)25(3)24(26)29;1-6(10)9-7(11)4-3-5-8(9)12-2;1-4-5(2)3;1-4(2)5-3;/h8-13,15-16,19H,4-7,14H2,1-3H3;5,11H,3-4H2,1-2H3;5H,4H2,1-3H3;4H,1-3H3;1H4. The summed E-state index contributed by atoms with van der Waals surface area (Å²) in [5, 5.41) is 9.92. The second-order valence-electron chi connectivity index (χ2n) is 13.4. The summed E-state index contributed by atoms with van der Waals surface area (Å²) in [6.45, 7) is 16.2. The Balaban J connectivity index is 0.000000927. The number of allylic oxidation sites excluding steroid dienone is 3. The molecule has 0 saturated carbocycles. The Kier molecular flexibility index (Phi) is 22.8. The van der Waals surface area contributed by atoms with Crippen LogP contribution in [0, 0.1) is 11.8 Å². The van der Waals surface area contributed by atoms with E-state index in [1.165, 1.54) is 29.6 Å². The van der Waals surface area contributed by atoms with E-state index in [1.807, 2.05) is 57.2 Å². The van der Waals surface area contributed by atoms with E-state index in [-0.39, 0.29) is 36.1 Å². The Bertz CT molecular complexity index is 1700. The zero-order chi connectivity index (χ0) is 38.7. The zero-order valence-corrected chi connectivity index (χ0v) is 32.9. The van der Waals surface area contributed by atoms with Crippen molar-refractivity contribution in [3.63, 3.8) is 0 Å². The van der Waals surface area contributed by atoms with Gasteiger partial charge in [0.1, 0.15) is 17.8 Å². The Morgan fingerprint density at radius 3 is 2.00 bits per heavy atom. The molecule has 1 aliphatic carbocycles. The smallest absolute Gasteiger partial charge is 0.335 e. The average molecular weight is 723 g/mol. The third-order valence-corrected chi connectivity index (χ3v) is 8.66. The van der Waals surface area contributed by atoms with Crippen LogP contribution in [0.3, 0.4) is 0 Å². The number of Topliss-reactive ketones (excluding diaryl/α,β-unsaturated/α-hetero) is 1. The Hall–Kier alpha value is -4.24. The van der Waals surface area contributed by atoms with E-state index in [4.69, 9.17) is 9.47 Å². The lowest BCUT2D eigenvalue weighted by atomic mass is 9.95. The van der Waals surface area contributed by atoms with Crippen LogP contribution in [0.5, 0.6) is 0 Å². The normalized spacial score (nSPS) is 12.7. The maximum Gasteiger partial charge on any atom is 0.335 e. The van der Waals surface area contributed by atoms with Crippen molar-refractivity contribution < 1.29 is 24.2 Å². The molecule has 3 aromatic rings. The maximum absolute atomic E-state index is 13.1. The minimum Gasteiger partial charge on any atom is -0.511 e. The lowest BCUT2D eigenvalue weighted by Crippen LogP contribution is -2.37. The van der Waals surface area contributed by atoms with Crippen LogP contribution in [0.1, 0.15) is 112 Å². The molecule has 1 aliphatic rings. The number of benzene rings is 2. The molecule has 0 saturated heterocycles. The van der Waals surface area contributed by atoms with E-state index in [9.17, 15) is 24.3 Å². The molecular weight excluding hydrogens is 656 g/mol. The first-order valence-corrected chi connectivity index (χ1v) is 18.2. The number of hydrogen-bond acceptors (Lipinski definition) is 7. The number of unbranched alkanes of at least 4 members (excludes halogenated alkanes) is 1. The van der Waals surface area contributed by atoms with Crippen LogP contribution in [-0.2, 0) is 39.0 Å². The highest BCUT2D eigenvalue weighted by molar-refractivity contribution is 5.97. The molecule has 0 fully saturated rings. The van der Waals surface area contributed by atoms with E-state index in [0.717, 1.165) is 55.4 Å². The Morgan fingerprint density at radius 1 is 0.981 bits per heavy atom. The SMILES string of the molecule is C.CCC(C)C.CCCCC(C=O)Cc1ccc(-n2c(=O)c3cc(CC)ccc3n(C)c2=O)cc1.COC(C)C.COC1=CCCC(O)=C1C(C)=O. The van der Waals surface area contributed by atoms with E-state index in [0.29, 0.717) is 46.9 Å². The maximum atomic E-state index is 13.1. The molecule has 4 rings (SSSR count). The second kappa shape index (κ2) is 24.9. The Morgan fingerprint density at radius 2 is 1.56 bits per heavy atom.